The molecule has 2 N–H and O–H groups in total. The maximum Gasteiger partial charge on any atom is 0.337 e. The number of esters is 1. The first-order valence-electron chi connectivity index (χ1n) is 5.00. The zero-order valence-corrected chi connectivity index (χ0v) is 10.6. The summed E-state index contributed by atoms with van der Waals surface area (Å²) < 4.78 is 4.61. The minimum atomic E-state index is -0.320. The van der Waals surface area contributed by atoms with Gasteiger partial charge in [0.15, 0.2) is 0 Å². The molecule has 0 aromatic heterocycles. The van der Waals surface area contributed by atoms with E-state index in [1.165, 1.54) is 7.11 Å². The Morgan fingerprint density at radius 1 is 1.25 bits per heavy atom. The molecule has 0 unspecified atom stereocenters. The fourth-order valence-electron chi connectivity index (χ4n) is 1.34. The molecule has 0 aliphatic carbocycles. The number of rotatable bonds is 3. The summed E-state index contributed by atoms with van der Waals surface area (Å²) in [5.41, 5.74) is 7.57. The average molecular weight is 244 g/mol. The van der Waals surface area contributed by atoms with E-state index in [4.69, 9.17) is 5.73 Å². The topological polar surface area (TPSA) is 52.3 Å². The zero-order valence-electron chi connectivity index (χ0n) is 9.77. The number of hydrogen-bond acceptors (Lipinski definition) is 3. The van der Waals surface area contributed by atoms with Crippen LogP contribution in [0.15, 0.2) is 24.3 Å². The molecule has 1 rings (SSSR count). The predicted octanol–water partition coefficient (Wildman–Crippen LogP) is 2.55. The second-order valence-corrected chi connectivity index (χ2v) is 3.88. The molecule has 1 aromatic carbocycles. The zero-order chi connectivity index (χ0) is 11.4. The molecular weight excluding hydrogens is 226 g/mol. The first-order chi connectivity index (χ1) is 7.06. The standard InChI is InChI=1S/C12H17NO2.ClH/c1-8(2)11(13)9-4-6-10(7-5-9)12(14)15-3;/h4-8,11H,13H2,1-3H3;1H/t11-;/m1./s1. The molecule has 0 amide bonds. The summed E-state index contributed by atoms with van der Waals surface area (Å²) in [6.07, 6.45) is 0. The Bertz CT molecular complexity index is 335. The molecule has 0 bridgehead atoms. The van der Waals surface area contributed by atoms with Crippen molar-refractivity contribution in [3.63, 3.8) is 0 Å². The molecule has 0 aliphatic rings. The van der Waals surface area contributed by atoms with Crippen LogP contribution in [-0.2, 0) is 4.74 Å². The molecule has 90 valence electrons. The van der Waals surface area contributed by atoms with Gasteiger partial charge in [0.25, 0.3) is 0 Å². The maximum absolute atomic E-state index is 11.2. The van der Waals surface area contributed by atoms with Gasteiger partial charge in [-0.15, -0.1) is 12.4 Å². The highest BCUT2D eigenvalue weighted by molar-refractivity contribution is 5.89. The van der Waals surface area contributed by atoms with Gasteiger partial charge in [0.05, 0.1) is 12.7 Å². The molecular formula is C12H18ClNO2. The third kappa shape index (κ3) is 3.51. The number of benzene rings is 1. The van der Waals surface area contributed by atoms with Gasteiger partial charge in [0.1, 0.15) is 0 Å². The fourth-order valence-corrected chi connectivity index (χ4v) is 1.34. The molecule has 1 atom stereocenters. The predicted molar refractivity (Wildman–Crippen MR) is 66.8 cm³/mol. The van der Waals surface area contributed by atoms with Crippen LogP contribution in [-0.4, -0.2) is 13.1 Å². The summed E-state index contributed by atoms with van der Waals surface area (Å²) in [6.45, 7) is 4.14. The van der Waals surface area contributed by atoms with Crippen molar-refractivity contribution in [2.24, 2.45) is 11.7 Å². The van der Waals surface area contributed by atoms with Crippen molar-refractivity contribution in [1.82, 2.24) is 0 Å². The van der Waals surface area contributed by atoms with E-state index in [-0.39, 0.29) is 24.4 Å². The van der Waals surface area contributed by atoms with Crippen LogP contribution in [0.2, 0.25) is 0 Å². The van der Waals surface area contributed by atoms with Crippen LogP contribution in [0.5, 0.6) is 0 Å². The monoisotopic (exact) mass is 243 g/mol. The van der Waals surface area contributed by atoms with Crippen LogP contribution in [0.4, 0.5) is 0 Å². The van der Waals surface area contributed by atoms with Crippen molar-refractivity contribution in [2.75, 3.05) is 7.11 Å². The highest BCUT2D eigenvalue weighted by Crippen LogP contribution is 2.19. The van der Waals surface area contributed by atoms with Gasteiger partial charge in [-0.05, 0) is 23.6 Å². The smallest absolute Gasteiger partial charge is 0.337 e. The Labute approximate surface area is 102 Å². The summed E-state index contributed by atoms with van der Waals surface area (Å²) >= 11 is 0. The van der Waals surface area contributed by atoms with Crippen molar-refractivity contribution in [1.29, 1.82) is 0 Å². The van der Waals surface area contributed by atoms with Gasteiger partial charge >= 0.3 is 5.97 Å². The number of ether oxygens (including phenoxy) is 1. The third-order valence-corrected chi connectivity index (χ3v) is 2.43. The quantitative estimate of drug-likeness (QED) is 0.831. The average Bonchev–Trinajstić information content (AvgIpc) is 2.27. The van der Waals surface area contributed by atoms with Crippen molar-refractivity contribution in [3.05, 3.63) is 35.4 Å². The van der Waals surface area contributed by atoms with Gasteiger partial charge in [-0.2, -0.15) is 0 Å². The molecule has 1 aromatic rings. The van der Waals surface area contributed by atoms with Crippen LogP contribution in [0.25, 0.3) is 0 Å². The number of nitrogens with two attached hydrogens (primary N) is 1. The Morgan fingerprint density at radius 2 is 1.75 bits per heavy atom. The van der Waals surface area contributed by atoms with E-state index >= 15 is 0 Å². The van der Waals surface area contributed by atoms with Crippen LogP contribution < -0.4 is 5.73 Å². The lowest BCUT2D eigenvalue weighted by Crippen LogP contribution is -2.16. The number of carbonyl (C=O) groups excluding carboxylic acids is 1. The molecule has 4 heteroatoms. The first kappa shape index (κ1) is 14.9. The molecule has 0 aliphatic heterocycles. The Kier molecular flexibility index (Phi) is 6.08. The van der Waals surface area contributed by atoms with Gasteiger partial charge in [-0.3, -0.25) is 0 Å². The van der Waals surface area contributed by atoms with Crippen molar-refractivity contribution < 1.29 is 9.53 Å². The van der Waals surface area contributed by atoms with E-state index in [0.29, 0.717) is 11.5 Å². The number of halogens is 1. The summed E-state index contributed by atoms with van der Waals surface area (Å²) in [6, 6.07) is 7.23. The van der Waals surface area contributed by atoms with Gasteiger partial charge in [-0.1, -0.05) is 26.0 Å². The number of hydrogen-bond donors (Lipinski definition) is 1. The summed E-state index contributed by atoms with van der Waals surface area (Å²) in [5.74, 6) is 0.0636. The second kappa shape index (κ2) is 6.51. The van der Waals surface area contributed by atoms with Gasteiger partial charge < -0.3 is 10.5 Å². The Morgan fingerprint density at radius 3 is 2.12 bits per heavy atom. The fraction of sp³-hybridized carbons (Fsp3) is 0.417. The summed E-state index contributed by atoms with van der Waals surface area (Å²) in [7, 11) is 1.37. The summed E-state index contributed by atoms with van der Waals surface area (Å²) in [5, 5.41) is 0. The highest BCUT2D eigenvalue weighted by atomic mass is 35.5. The van der Waals surface area contributed by atoms with Gasteiger partial charge in [-0.25, -0.2) is 4.79 Å². The third-order valence-electron chi connectivity index (χ3n) is 2.43. The minimum Gasteiger partial charge on any atom is -0.465 e. The van der Waals surface area contributed by atoms with Gasteiger partial charge in [0.2, 0.25) is 0 Å². The lowest BCUT2D eigenvalue weighted by molar-refractivity contribution is 0.0600. The van der Waals surface area contributed by atoms with Crippen LogP contribution >= 0.6 is 12.4 Å². The lowest BCUT2D eigenvalue weighted by atomic mass is 9.96. The summed E-state index contributed by atoms with van der Waals surface area (Å²) in [4.78, 5) is 11.2. The second-order valence-electron chi connectivity index (χ2n) is 3.88. The molecule has 3 nitrogen and oxygen atoms in total. The molecule has 0 heterocycles. The van der Waals surface area contributed by atoms with E-state index in [2.05, 4.69) is 18.6 Å². The molecule has 0 radical (unpaired) electrons. The first-order valence-corrected chi connectivity index (χ1v) is 5.00. The highest BCUT2D eigenvalue weighted by Gasteiger charge is 2.11. The maximum atomic E-state index is 11.2. The van der Waals surface area contributed by atoms with E-state index in [1.807, 2.05) is 12.1 Å². The molecule has 0 spiro atoms. The largest absolute Gasteiger partial charge is 0.465 e. The molecule has 16 heavy (non-hydrogen) atoms. The van der Waals surface area contributed by atoms with Crippen molar-refractivity contribution in [2.45, 2.75) is 19.9 Å². The van der Waals surface area contributed by atoms with E-state index in [1.54, 1.807) is 12.1 Å². The normalized spacial score (nSPS) is 11.8. The Hall–Kier alpha value is -1.06. The van der Waals surface area contributed by atoms with Crippen LogP contribution in [0, 0.1) is 5.92 Å². The molecule has 0 saturated heterocycles. The SMILES string of the molecule is COC(=O)c1ccc([C@H](N)C(C)C)cc1.Cl. The van der Waals surface area contributed by atoms with Crippen LogP contribution in [0.3, 0.4) is 0 Å². The molecule has 0 fully saturated rings. The molecule has 0 saturated carbocycles. The lowest BCUT2D eigenvalue weighted by Gasteiger charge is -2.15. The number of carbonyl (C=O) groups is 1. The van der Waals surface area contributed by atoms with Gasteiger partial charge in [0, 0.05) is 6.04 Å². The van der Waals surface area contributed by atoms with E-state index in [9.17, 15) is 4.79 Å². The van der Waals surface area contributed by atoms with Crippen molar-refractivity contribution >= 4 is 18.4 Å². The van der Waals surface area contributed by atoms with Crippen molar-refractivity contribution in [3.8, 4) is 0 Å². The van der Waals surface area contributed by atoms with E-state index in [0.717, 1.165) is 5.56 Å². The van der Waals surface area contributed by atoms with E-state index < -0.39 is 0 Å². The Balaban J connectivity index is 0.00000225. The number of methoxy groups -OCH3 is 1. The minimum absolute atomic E-state index is 0. The van der Waals surface area contributed by atoms with Crippen LogP contribution in [0.1, 0.15) is 35.8 Å².